The van der Waals surface area contributed by atoms with Gasteiger partial charge in [-0.3, -0.25) is 0 Å². The fourth-order valence-corrected chi connectivity index (χ4v) is 8.97. The van der Waals surface area contributed by atoms with Gasteiger partial charge in [0, 0.05) is 22.3 Å². The van der Waals surface area contributed by atoms with E-state index in [1.807, 2.05) is 78.9 Å². The Bertz CT molecular complexity index is 3260. The zero-order chi connectivity index (χ0) is 56.1. The van der Waals surface area contributed by atoms with Crippen LogP contribution >= 0.6 is 0 Å². The van der Waals surface area contributed by atoms with E-state index < -0.39 is 72.4 Å². The second kappa shape index (κ2) is 27.2. The Labute approximate surface area is 464 Å². The summed E-state index contributed by atoms with van der Waals surface area (Å²) in [6, 6.07) is 77.2. The average Bonchev–Trinajstić information content (AvgIpc) is 3.52. The third-order valence-electron chi connectivity index (χ3n) is 12.9. The highest BCUT2D eigenvalue weighted by Gasteiger charge is 2.40. The molecule has 8 rings (SSSR count). The zero-order valence-electron chi connectivity index (χ0n) is 43.5. The molecule has 0 spiro atoms. The van der Waals surface area contributed by atoms with Crippen molar-refractivity contribution in [2.24, 2.45) is 5.41 Å². The number of benzene rings is 8. The maximum atomic E-state index is 14.7. The third-order valence-corrected chi connectivity index (χ3v) is 12.9. The summed E-state index contributed by atoms with van der Waals surface area (Å²) in [4.78, 5) is 58.9. The van der Waals surface area contributed by atoms with Crippen LogP contribution in [0.15, 0.2) is 265 Å². The molecule has 80 heavy (non-hydrogen) atoms. The van der Waals surface area contributed by atoms with Crippen molar-refractivity contribution in [1.82, 2.24) is 0 Å². The summed E-state index contributed by atoms with van der Waals surface area (Å²) in [5, 5.41) is 32.4. The first-order valence-electron chi connectivity index (χ1n) is 25.4. The molecule has 0 radical (unpaired) electrons. The number of rotatable bonds is 20. The summed E-state index contributed by atoms with van der Waals surface area (Å²) in [6.45, 7) is -1.62. The first-order chi connectivity index (χ1) is 39.1. The van der Waals surface area contributed by atoms with Gasteiger partial charge in [-0.1, -0.05) is 243 Å². The Kier molecular flexibility index (Phi) is 18.8. The van der Waals surface area contributed by atoms with E-state index in [1.165, 1.54) is 0 Å². The van der Waals surface area contributed by atoms with Gasteiger partial charge in [-0.05, 0) is 57.0 Å². The Morgan fingerprint density at radius 1 is 0.300 bits per heavy atom. The van der Waals surface area contributed by atoms with Crippen LogP contribution in [0.2, 0.25) is 0 Å². The number of nitrogens with zero attached hydrogens (tertiary/aromatic N) is 3. The molecule has 8 aromatic rings. The standard InChI is InChI=1S/C69H51N3O8/c1-49(61(50-26-10-2-11-27-50)51-28-12-3-13-29-51)65(73)77-45-69(46-78-66(74)58(42-70)62(52-30-14-4-15-31-52)53-32-16-5-17-33-53,47-79-67(75)59(43-71)63(54-34-18-6-19-35-54)55-36-20-7-21-37-55)48-80-68(76)60(44-72)64(56-38-22-8-23-39-56)57-40-24-9-25-41-57/h2-41H,45-48H2,1H3. The first-order valence-corrected chi connectivity index (χ1v) is 25.4. The summed E-state index contributed by atoms with van der Waals surface area (Å²) >= 11 is 0. The van der Waals surface area contributed by atoms with Crippen LogP contribution < -0.4 is 0 Å². The topological polar surface area (TPSA) is 177 Å². The number of ether oxygens (including phenoxy) is 4. The summed E-state index contributed by atoms with van der Waals surface area (Å²) in [7, 11) is 0. The summed E-state index contributed by atoms with van der Waals surface area (Å²) in [5.74, 6) is -4.18. The molecule has 0 bridgehead atoms. The van der Waals surface area contributed by atoms with Gasteiger partial charge in [-0.25, -0.2) is 19.2 Å². The normalized spacial score (nSPS) is 10.4. The van der Waals surface area contributed by atoms with Crippen molar-refractivity contribution in [3.63, 3.8) is 0 Å². The monoisotopic (exact) mass is 1050 g/mol. The first kappa shape index (κ1) is 55.3. The van der Waals surface area contributed by atoms with Gasteiger partial charge in [0.15, 0.2) is 0 Å². The van der Waals surface area contributed by atoms with E-state index in [1.54, 1.807) is 189 Å². The molecule has 390 valence electrons. The SMILES string of the molecule is CC(C(=O)OCC(COC(=O)C(C#N)=C(c1ccccc1)c1ccccc1)(COC(=O)C(C#N)=C(c1ccccc1)c1ccccc1)COC(=O)C(C#N)=C(c1ccccc1)c1ccccc1)=C(c1ccccc1)c1ccccc1. The molecule has 8 aromatic carbocycles. The summed E-state index contributed by atoms with van der Waals surface area (Å²) in [5.41, 5.74) is 2.81. The van der Waals surface area contributed by atoms with Gasteiger partial charge in [0.2, 0.25) is 0 Å². The largest absolute Gasteiger partial charge is 0.461 e. The number of esters is 4. The second-order valence-corrected chi connectivity index (χ2v) is 18.3. The molecular formula is C69H51N3O8. The molecule has 11 nitrogen and oxygen atoms in total. The number of carbonyl (C=O) groups excluding carboxylic acids is 4. The van der Waals surface area contributed by atoms with Gasteiger partial charge < -0.3 is 18.9 Å². The van der Waals surface area contributed by atoms with Crippen molar-refractivity contribution in [2.45, 2.75) is 6.92 Å². The molecule has 0 aliphatic rings. The fraction of sp³-hybridized carbons (Fsp3) is 0.0870. The lowest BCUT2D eigenvalue weighted by atomic mass is 9.90. The molecule has 0 atom stereocenters. The van der Waals surface area contributed by atoms with Gasteiger partial charge in [-0.2, -0.15) is 15.8 Å². The van der Waals surface area contributed by atoms with Crippen LogP contribution in [-0.4, -0.2) is 50.3 Å². The van der Waals surface area contributed by atoms with Crippen LogP contribution in [0.25, 0.3) is 22.3 Å². The van der Waals surface area contributed by atoms with Crippen LogP contribution in [0.4, 0.5) is 0 Å². The maximum Gasteiger partial charge on any atom is 0.349 e. The molecule has 0 unspecified atom stereocenters. The lowest BCUT2D eigenvalue weighted by Gasteiger charge is -2.32. The van der Waals surface area contributed by atoms with Crippen molar-refractivity contribution in [1.29, 1.82) is 15.8 Å². The molecule has 0 saturated carbocycles. The van der Waals surface area contributed by atoms with Gasteiger partial charge in [0.25, 0.3) is 0 Å². The number of hydrogen-bond acceptors (Lipinski definition) is 11. The van der Waals surface area contributed by atoms with Crippen molar-refractivity contribution in [3.8, 4) is 18.2 Å². The molecule has 0 N–H and O–H groups in total. The van der Waals surface area contributed by atoms with E-state index in [0.29, 0.717) is 50.1 Å². The smallest absolute Gasteiger partial charge is 0.349 e. The van der Waals surface area contributed by atoms with E-state index in [0.717, 1.165) is 0 Å². The van der Waals surface area contributed by atoms with Crippen molar-refractivity contribution >= 4 is 46.2 Å². The number of hydrogen-bond donors (Lipinski definition) is 0. The van der Waals surface area contributed by atoms with E-state index in [-0.39, 0.29) is 22.3 Å². The van der Waals surface area contributed by atoms with Crippen LogP contribution in [-0.2, 0) is 38.1 Å². The minimum atomic E-state index is -2.02. The maximum absolute atomic E-state index is 14.7. The predicted octanol–water partition coefficient (Wildman–Crippen LogP) is 12.7. The lowest BCUT2D eigenvalue weighted by Crippen LogP contribution is -2.44. The highest BCUT2D eigenvalue weighted by Crippen LogP contribution is 2.34. The third kappa shape index (κ3) is 13.5. The second-order valence-electron chi connectivity index (χ2n) is 18.3. The summed E-state index contributed by atoms with van der Waals surface area (Å²) < 4.78 is 24.6. The summed E-state index contributed by atoms with van der Waals surface area (Å²) in [6.07, 6.45) is 0. The predicted molar refractivity (Wildman–Crippen MR) is 304 cm³/mol. The van der Waals surface area contributed by atoms with Crippen LogP contribution in [0.3, 0.4) is 0 Å². The Morgan fingerprint density at radius 3 is 0.662 bits per heavy atom. The average molecular weight is 1050 g/mol. The lowest BCUT2D eigenvalue weighted by molar-refractivity contribution is -0.165. The molecule has 0 amide bonds. The fourth-order valence-electron chi connectivity index (χ4n) is 8.97. The minimum absolute atomic E-state index is 0.169. The highest BCUT2D eigenvalue weighted by molar-refractivity contribution is 6.07. The van der Waals surface area contributed by atoms with Crippen molar-refractivity contribution in [3.05, 3.63) is 309 Å². The van der Waals surface area contributed by atoms with Crippen LogP contribution in [0.5, 0.6) is 0 Å². The number of nitriles is 3. The molecule has 0 fully saturated rings. The molecule has 0 heterocycles. The molecule has 0 saturated heterocycles. The van der Waals surface area contributed by atoms with E-state index in [2.05, 4.69) is 0 Å². The Balaban J connectivity index is 1.27. The van der Waals surface area contributed by atoms with Crippen LogP contribution in [0, 0.1) is 39.4 Å². The van der Waals surface area contributed by atoms with Crippen molar-refractivity contribution < 1.29 is 38.1 Å². The van der Waals surface area contributed by atoms with Gasteiger partial charge in [0.1, 0.15) is 66.8 Å². The molecule has 0 aliphatic carbocycles. The van der Waals surface area contributed by atoms with E-state index >= 15 is 0 Å². The van der Waals surface area contributed by atoms with Gasteiger partial charge in [-0.15, -0.1) is 0 Å². The molecular weight excluding hydrogens is 999 g/mol. The molecule has 0 aromatic heterocycles. The number of carbonyl (C=O) groups is 4. The Hall–Kier alpha value is -10.9. The van der Waals surface area contributed by atoms with Crippen molar-refractivity contribution in [2.75, 3.05) is 26.4 Å². The Morgan fingerprint density at radius 2 is 0.475 bits per heavy atom. The van der Waals surface area contributed by atoms with Crippen LogP contribution in [0.1, 0.15) is 51.4 Å². The molecule has 0 aliphatic heterocycles. The zero-order valence-corrected chi connectivity index (χ0v) is 43.5. The molecule has 11 heteroatoms. The van der Waals surface area contributed by atoms with Gasteiger partial charge >= 0.3 is 23.9 Å². The quantitative estimate of drug-likeness (QED) is 0.0307. The van der Waals surface area contributed by atoms with Gasteiger partial charge in [0.05, 0.1) is 0 Å². The minimum Gasteiger partial charge on any atom is -0.461 e. The highest BCUT2D eigenvalue weighted by atomic mass is 16.6. The van der Waals surface area contributed by atoms with E-state index in [9.17, 15) is 35.0 Å². The van der Waals surface area contributed by atoms with E-state index in [4.69, 9.17) is 18.9 Å².